The van der Waals surface area contributed by atoms with Gasteiger partial charge in [-0.15, -0.1) is 0 Å². The van der Waals surface area contributed by atoms with E-state index >= 15 is 0 Å². The van der Waals surface area contributed by atoms with Crippen molar-refractivity contribution in [3.05, 3.63) is 0 Å². The van der Waals surface area contributed by atoms with E-state index in [1.165, 1.54) is 0 Å². The number of carbonyl (C=O) groups excluding carboxylic acids is 1. The van der Waals surface area contributed by atoms with E-state index in [1.807, 2.05) is 4.90 Å². The molecule has 1 heterocycles. The lowest BCUT2D eigenvalue weighted by Gasteiger charge is -2.36. The van der Waals surface area contributed by atoms with E-state index in [4.69, 9.17) is 4.43 Å². The molecular weight excluding hydrogens is 218 g/mol. The zero-order valence-corrected chi connectivity index (χ0v) is 12.3. The van der Waals surface area contributed by atoms with Crippen LogP contribution in [0.5, 0.6) is 0 Å². The minimum atomic E-state index is -1.77. The molecule has 16 heavy (non-hydrogen) atoms. The zero-order valence-electron chi connectivity index (χ0n) is 11.3. The van der Waals surface area contributed by atoms with Gasteiger partial charge in [0.1, 0.15) is 6.61 Å². The monoisotopic (exact) mass is 243 g/mol. The summed E-state index contributed by atoms with van der Waals surface area (Å²) in [6.45, 7) is 13.1. The fraction of sp³-hybridized carbons (Fsp3) is 0.917. The van der Waals surface area contributed by atoms with Gasteiger partial charge in [-0.05, 0) is 31.0 Å². The highest BCUT2D eigenvalue weighted by atomic mass is 28.4. The molecule has 0 saturated carbocycles. The first-order valence-corrected chi connectivity index (χ1v) is 9.06. The maximum atomic E-state index is 11.8. The molecule has 0 aromatic heterocycles. The van der Waals surface area contributed by atoms with Crippen molar-refractivity contribution >= 4 is 14.2 Å². The van der Waals surface area contributed by atoms with Gasteiger partial charge in [0.05, 0.1) is 0 Å². The molecule has 0 N–H and O–H groups in total. The van der Waals surface area contributed by atoms with Gasteiger partial charge in [-0.3, -0.25) is 4.79 Å². The molecule has 0 bridgehead atoms. The van der Waals surface area contributed by atoms with E-state index in [9.17, 15) is 4.79 Å². The Labute approximate surface area is 100 Å². The molecule has 1 saturated heterocycles. The van der Waals surface area contributed by atoms with Crippen molar-refractivity contribution in [1.82, 2.24) is 4.90 Å². The van der Waals surface area contributed by atoms with Gasteiger partial charge in [-0.1, -0.05) is 20.8 Å². The summed E-state index contributed by atoms with van der Waals surface area (Å²) in [6, 6.07) is 0. The quantitative estimate of drug-likeness (QED) is 0.713. The van der Waals surface area contributed by atoms with Crippen molar-refractivity contribution < 1.29 is 9.22 Å². The van der Waals surface area contributed by atoms with Crippen LogP contribution in [0.1, 0.15) is 33.6 Å². The summed E-state index contributed by atoms with van der Waals surface area (Å²) in [5.41, 5.74) is 0. The van der Waals surface area contributed by atoms with Crippen molar-refractivity contribution in [2.45, 2.75) is 51.7 Å². The lowest BCUT2D eigenvalue weighted by atomic mass is 10.2. The summed E-state index contributed by atoms with van der Waals surface area (Å²) in [6.07, 6.45) is 2.29. The third-order valence-corrected chi connectivity index (χ3v) is 8.30. The zero-order chi connectivity index (χ0) is 12.4. The van der Waals surface area contributed by atoms with Crippen molar-refractivity contribution in [3.63, 3.8) is 0 Å². The van der Waals surface area contributed by atoms with Crippen LogP contribution in [0.3, 0.4) is 0 Å². The molecule has 1 aliphatic heterocycles. The summed E-state index contributed by atoms with van der Waals surface area (Å²) in [4.78, 5) is 13.8. The first-order chi connectivity index (χ1) is 7.24. The van der Waals surface area contributed by atoms with Crippen LogP contribution < -0.4 is 0 Å². The predicted octanol–water partition coefficient (Wildman–Crippen LogP) is 2.63. The Kier molecular flexibility index (Phi) is 4.18. The molecule has 1 rings (SSSR count). The van der Waals surface area contributed by atoms with Gasteiger partial charge in [0.25, 0.3) is 0 Å². The predicted molar refractivity (Wildman–Crippen MR) is 69.0 cm³/mol. The molecule has 3 nitrogen and oxygen atoms in total. The topological polar surface area (TPSA) is 29.5 Å². The van der Waals surface area contributed by atoms with Crippen LogP contribution in [-0.2, 0) is 9.22 Å². The minimum absolute atomic E-state index is 0.169. The Morgan fingerprint density at radius 2 is 1.75 bits per heavy atom. The summed E-state index contributed by atoms with van der Waals surface area (Å²) in [5, 5.41) is 0.179. The smallest absolute Gasteiger partial charge is 0.247 e. The molecule has 0 unspecified atom stereocenters. The Morgan fingerprint density at radius 1 is 1.25 bits per heavy atom. The second kappa shape index (κ2) is 4.88. The minimum Gasteiger partial charge on any atom is -0.408 e. The lowest BCUT2D eigenvalue weighted by Crippen LogP contribution is -2.44. The molecule has 0 aromatic rings. The van der Waals surface area contributed by atoms with Crippen LogP contribution in [0.2, 0.25) is 18.1 Å². The van der Waals surface area contributed by atoms with Crippen LogP contribution in [0.25, 0.3) is 0 Å². The highest BCUT2D eigenvalue weighted by Crippen LogP contribution is 2.36. The summed E-state index contributed by atoms with van der Waals surface area (Å²) < 4.78 is 5.92. The van der Waals surface area contributed by atoms with Crippen LogP contribution in [0.4, 0.5) is 0 Å². The normalized spacial score (nSPS) is 17.9. The number of likely N-dealkylation sites (tertiary alicyclic amines) is 1. The molecule has 0 atom stereocenters. The van der Waals surface area contributed by atoms with Gasteiger partial charge in [-0.2, -0.15) is 0 Å². The third kappa shape index (κ3) is 3.32. The molecule has 1 aliphatic rings. The third-order valence-electron chi connectivity index (χ3n) is 3.82. The van der Waals surface area contributed by atoms with Crippen molar-refractivity contribution in [3.8, 4) is 0 Å². The molecule has 0 aromatic carbocycles. The molecule has 0 spiro atoms. The molecule has 94 valence electrons. The van der Waals surface area contributed by atoms with Crippen LogP contribution in [0, 0.1) is 0 Å². The Morgan fingerprint density at radius 3 is 2.19 bits per heavy atom. The second-order valence-corrected chi connectivity index (χ2v) is 10.9. The van der Waals surface area contributed by atoms with Crippen molar-refractivity contribution in [2.24, 2.45) is 0 Å². The van der Waals surface area contributed by atoms with E-state index in [-0.39, 0.29) is 17.6 Å². The number of amides is 1. The number of rotatable bonds is 3. The standard InChI is InChI=1S/C12H25NO2Si/c1-12(2,3)16(4,5)15-10-11(14)13-8-6-7-9-13/h6-10H2,1-5H3. The van der Waals surface area contributed by atoms with Gasteiger partial charge in [0.15, 0.2) is 8.32 Å². The van der Waals surface area contributed by atoms with Gasteiger partial charge in [0, 0.05) is 13.1 Å². The maximum Gasteiger partial charge on any atom is 0.247 e. The van der Waals surface area contributed by atoms with Gasteiger partial charge >= 0.3 is 0 Å². The molecule has 1 amide bonds. The fourth-order valence-corrected chi connectivity index (χ4v) is 2.43. The molecule has 0 aliphatic carbocycles. The van der Waals surface area contributed by atoms with Crippen LogP contribution in [-0.4, -0.2) is 38.8 Å². The second-order valence-electron chi connectivity index (χ2n) is 6.14. The van der Waals surface area contributed by atoms with Crippen LogP contribution in [0.15, 0.2) is 0 Å². The van der Waals surface area contributed by atoms with E-state index < -0.39 is 8.32 Å². The Bertz CT molecular complexity index is 252. The lowest BCUT2D eigenvalue weighted by molar-refractivity contribution is -0.132. The largest absolute Gasteiger partial charge is 0.408 e. The average molecular weight is 243 g/mol. The first kappa shape index (κ1) is 13.7. The molecule has 0 radical (unpaired) electrons. The van der Waals surface area contributed by atoms with E-state index in [0.29, 0.717) is 0 Å². The van der Waals surface area contributed by atoms with E-state index in [2.05, 4.69) is 33.9 Å². The molecule has 1 fully saturated rings. The van der Waals surface area contributed by atoms with Crippen LogP contribution >= 0.6 is 0 Å². The molecule has 4 heteroatoms. The Hall–Kier alpha value is -0.353. The van der Waals surface area contributed by atoms with Gasteiger partial charge in [0.2, 0.25) is 5.91 Å². The molecular formula is C12H25NO2Si. The summed E-state index contributed by atoms with van der Waals surface area (Å²) in [7, 11) is -1.77. The summed E-state index contributed by atoms with van der Waals surface area (Å²) in [5.74, 6) is 0.169. The first-order valence-electron chi connectivity index (χ1n) is 6.16. The maximum absolute atomic E-state index is 11.8. The van der Waals surface area contributed by atoms with Crippen molar-refractivity contribution in [1.29, 1.82) is 0 Å². The highest BCUT2D eigenvalue weighted by Gasteiger charge is 2.37. The number of hydrogen-bond acceptors (Lipinski definition) is 2. The van der Waals surface area contributed by atoms with Gasteiger partial charge in [-0.25, -0.2) is 0 Å². The van der Waals surface area contributed by atoms with E-state index in [1.54, 1.807) is 0 Å². The Balaban J connectivity index is 2.41. The SMILES string of the molecule is CC(C)(C)[Si](C)(C)OCC(=O)N1CCCC1. The summed E-state index contributed by atoms with van der Waals surface area (Å²) >= 11 is 0. The fourth-order valence-electron chi connectivity index (χ4n) is 1.52. The van der Waals surface area contributed by atoms with E-state index in [0.717, 1.165) is 25.9 Å². The highest BCUT2D eigenvalue weighted by molar-refractivity contribution is 6.74. The average Bonchev–Trinajstić information content (AvgIpc) is 2.65. The van der Waals surface area contributed by atoms with Gasteiger partial charge < -0.3 is 9.33 Å². The number of hydrogen-bond donors (Lipinski definition) is 0. The number of nitrogens with zero attached hydrogens (tertiary/aromatic N) is 1. The van der Waals surface area contributed by atoms with Crippen molar-refractivity contribution in [2.75, 3.05) is 19.7 Å². The number of carbonyl (C=O) groups is 1.